The van der Waals surface area contributed by atoms with E-state index in [2.05, 4.69) is 22.0 Å². The van der Waals surface area contributed by atoms with E-state index in [-0.39, 0.29) is 18.1 Å². The average molecular weight is 341 g/mol. The molecule has 2 aliphatic rings. The van der Waals surface area contributed by atoms with Crippen molar-refractivity contribution in [2.75, 3.05) is 26.7 Å². The molecule has 2 aromatic rings. The van der Waals surface area contributed by atoms with Gasteiger partial charge in [-0.15, -0.1) is 0 Å². The maximum atomic E-state index is 12.4. The lowest BCUT2D eigenvalue weighted by atomic mass is 9.87. The molecule has 0 N–H and O–H groups in total. The quantitative estimate of drug-likeness (QED) is 0.854. The van der Waals surface area contributed by atoms with Crippen molar-refractivity contribution in [2.45, 2.75) is 31.0 Å². The first-order chi connectivity index (χ1) is 12.3. The van der Waals surface area contributed by atoms with Gasteiger partial charge in [-0.25, -0.2) is 0 Å². The van der Waals surface area contributed by atoms with Crippen LogP contribution in [0.4, 0.5) is 0 Å². The summed E-state index contributed by atoms with van der Waals surface area (Å²) < 4.78 is 10.9. The Labute approximate surface area is 147 Å². The highest BCUT2D eigenvalue weighted by atomic mass is 16.5. The Morgan fingerprint density at radius 2 is 2.00 bits per heavy atom. The summed E-state index contributed by atoms with van der Waals surface area (Å²) in [6, 6.07) is 8.38. The minimum Gasteiger partial charge on any atom is -0.459 e. The number of carbonyl (C=O) groups excluding carboxylic acids is 1. The number of methoxy groups -OCH3 is 1. The topological polar surface area (TPSA) is 58.8 Å². The van der Waals surface area contributed by atoms with Crippen LogP contribution in [0, 0.1) is 0 Å². The lowest BCUT2D eigenvalue weighted by Crippen LogP contribution is -2.60. The molecule has 4 rings (SSSR count). The van der Waals surface area contributed by atoms with Crippen LogP contribution in [0.1, 0.15) is 35.0 Å². The molecule has 2 saturated heterocycles. The van der Waals surface area contributed by atoms with E-state index in [9.17, 15) is 4.79 Å². The van der Waals surface area contributed by atoms with Crippen LogP contribution in [0.15, 0.2) is 47.3 Å². The van der Waals surface area contributed by atoms with Gasteiger partial charge in [-0.2, -0.15) is 0 Å². The van der Waals surface area contributed by atoms with Crippen LogP contribution < -0.4 is 0 Å². The molecule has 0 radical (unpaired) electrons. The number of hydrogen-bond donors (Lipinski definition) is 0. The number of aromatic nitrogens is 1. The molecule has 2 aliphatic heterocycles. The SMILES string of the molecule is COC1CN(C2CCN(C(=O)c3ccco3)CC2)C1c1ccncc1. The molecular weight excluding hydrogens is 318 g/mol. The third-order valence-electron chi connectivity index (χ3n) is 5.40. The van der Waals surface area contributed by atoms with Crippen LogP contribution in [0.5, 0.6) is 0 Å². The second-order valence-electron chi connectivity index (χ2n) is 6.70. The van der Waals surface area contributed by atoms with Gasteiger partial charge in [-0.1, -0.05) is 0 Å². The van der Waals surface area contributed by atoms with E-state index in [1.54, 1.807) is 25.5 Å². The number of rotatable bonds is 4. The fourth-order valence-corrected chi connectivity index (χ4v) is 4.00. The van der Waals surface area contributed by atoms with Crippen LogP contribution in [-0.2, 0) is 4.74 Å². The Morgan fingerprint density at radius 1 is 1.24 bits per heavy atom. The number of ether oxygens (including phenoxy) is 1. The van der Waals surface area contributed by atoms with Gasteiger partial charge in [0.25, 0.3) is 5.91 Å². The molecule has 0 aromatic carbocycles. The molecule has 1 amide bonds. The maximum absolute atomic E-state index is 12.4. The molecule has 0 aliphatic carbocycles. The highest BCUT2D eigenvalue weighted by Crippen LogP contribution is 2.39. The predicted molar refractivity (Wildman–Crippen MR) is 92.1 cm³/mol. The van der Waals surface area contributed by atoms with Crippen LogP contribution in [-0.4, -0.2) is 59.6 Å². The third-order valence-corrected chi connectivity index (χ3v) is 5.40. The summed E-state index contributed by atoms with van der Waals surface area (Å²) >= 11 is 0. The molecule has 0 saturated carbocycles. The lowest BCUT2D eigenvalue weighted by molar-refractivity contribution is -0.115. The van der Waals surface area contributed by atoms with Gasteiger partial charge in [0.1, 0.15) is 0 Å². The Hall–Kier alpha value is -2.18. The van der Waals surface area contributed by atoms with E-state index in [0.29, 0.717) is 11.8 Å². The van der Waals surface area contributed by atoms with Crippen LogP contribution in [0.2, 0.25) is 0 Å². The molecule has 6 nitrogen and oxygen atoms in total. The monoisotopic (exact) mass is 341 g/mol. The predicted octanol–water partition coefficient (Wildman–Crippen LogP) is 2.35. The second-order valence-corrected chi connectivity index (χ2v) is 6.70. The zero-order chi connectivity index (χ0) is 17.2. The van der Waals surface area contributed by atoms with E-state index in [1.807, 2.05) is 17.3 Å². The minimum atomic E-state index is -0.00693. The highest BCUT2D eigenvalue weighted by Gasteiger charge is 2.44. The van der Waals surface area contributed by atoms with Gasteiger partial charge in [-0.05, 0) is 42.7 Å². The molecule has 2 fully saturated rings. The summed E-state index contributed by atoms with van der Waals surface area (Å²) in [7, 11) is 1.78. The number of carbonyl (C=O) groups is 1. The van der Waals surface area contributed by atoms with E-state index < -0.39 is 0 Å². The summed E-state index contributed by atoms with van der Waals surface area (Å²) in [5, 5.41) is 0. The standard InChI is InChI=1S/C19H23N3O3/c1-24-17-13-22(18(17)14-4-8-20-9-5-14)15-6-10-21(11-7-15)19(23)16-3-2-12-25-16/h2-5,8-9,12,15,17-18H,6-7,10-11,13H2,1H3. The smallest absolute Gasteiger partial charge is 0.289 e. The first-order valence-electron chi connectivity index (χ1n) is 8.79. The molecule has 132 valence electrons. The van der Waals surface area contributed by atoms with Gasteiger partial charge >= 0.3 is 0 Å². The molecule has 2 atom stereocenters. The van der Waals surface area contributed by atoms with Crippen molar-refractivity contribution in [1.29, 1.82) is 0 Å². The van der Waals surface area contributed by atoms with Crippen LogP contribution in [0.3, 0.4) is 0 Å². The maximum Gasteiger partial charge on any atom is 0.289 e. The zero-order valence-corrected chi connectivity index (χ0v) is 14.4. The average Bonchev–Trinajstić information content (AvgIpc) is 3.17. The molecular formula is C19H23N3O3. The number of amides is 1. The van der Waals surface area contributed by atoms with Gasteiger partial charge in [0, 0.05) is 45.2 Å². The number of furan rings is 1. The van der Waals surface area contributed by atoms with Gasteiger partial charge in [0.2, 0.25) is 0 Å². The normalized spacial score (nSPS) is 24.9. The van der Waals surface area contributed by atoms with E-state index in [0.717, 1.165) is 32.5 Å². The summed E-state index contributed by atoms with van der Waals surface area (Å²) in [6.07, 6.45) is 7.40. The van der Waals surface area contributed by atoms with E-state index in [4.69, 9.17) is 9.15 Å². The molecule has 0 spiro atoms. The molecule has 0 bridgehead atoms. The summed E-state index contributed by atoms with van der Waals surface area (Å²) in [5.41, 5.74) is 1.25. The Morgan fingerprint density at radius 3 is 2.64 bits per heavy atom. The van der Waals surface area contributed by atoms with Gasteiger partial charge in [0.15, 0.2) is 5.76 Å². The van der Waals surface area contributed by atoms with Crippen molar-refractivity contribution < 1.29 is 13.9 Å². The van der Waals surface area contributed by atoms with Gasteiger partial charge < -0.3 is 14.1 Å². The van der Waals surface area contributed by atoms with Gasteiger partial charge in [-0.3, -0.25) is 14.7 Å². The molecule has 25 heavy (non-hydrogen) atoms. The third kappa shape index (κ3) is 3.07. The Kier molecular flexibility index (Phi) is 4.55. The van der Waals surface area contributed by atoms with Crippen LogP contribution in [0.25, 0.3) is 0 Å². The number of piperidine rings is 1. The van der Waals surface area contributed by atoms with Crippen molar-refractivity contribution in [1.82, 2.24) is 14.8 Å². The molecule has 2 aromatic heterocycles. The fourth-order valence-electron chi connectivity index (χ4n) is 4.00. The number of pyridine rings is 1. The van der Waals surface area contributed by atoms with Crippen molar-refractivity contribution in [3.8, 4) is 0 Å². The fraction of sp³-hybridized carbons (Fsp3) is 0.474. The number of likely N-dealkylation sites (tertiary alicyclic amines) is 2. The molecule has 4 heterocycles. The summed E-state index contributed by atoms with van der Waals surface area (Å²) in [4.78, 5) is 20.9. The molecule has 6 heteroatoms. The van der Waals surface area contributed by atoms with Crippen molar-refractivity contribution in [2.24, 2.45) is 0 Å². The van der Waals surface area contributed by atoms with Crippen molar-refractivity contribution in [3.63, 3.8) is 0 Å². The second kappa shape index (κ2) is 6.98. The Bertz CT molecular complexity index is 696. The van der Waals surface area contributed by atoms with Crippen molar-refractivity contribution >= 4 is 5.91 Å². The van der Waals surface area contributed by atoms with Gasteiger partial charge in [0.05, 0.1) is 18.4 Å². The molecule has 2 unspecified atom stereocenters. The van der Waals surface area contributed by atoms with Crippen LogP contribution >= 0.6 is 0 Å². The summed E-state index contributed by atoms with van der Waals surface area (Å²) in [5.74, 6) is 0.420. The number of nitrogens with zero attached hydrogens (tertiary/aromatic N) is 3. The summed E-state index contributed by atoms with van der Waals surface area (Å²) in [6.45, 7) is 2.48. The van der Waals surface area contributed by atoms with E-state index >= 15 is 0 Å². The largest absolute Gasteiger partial charge is 0.459 e. The minimum absolute atomic E-state index is 0.00693. The first kappa shape index (κ1) is 16.3. The van der Waals surface area contributed by atoms with Crippen molar-refractivity contribution in [3.05, 3.63) is 54.2 Å². The lowest BCUT2D eigenvalue weighted by Gasteiger charge is -2.53. The zero-order valence-electron chi connectivity index (χ0n) is 14.4. The number of hydrogen-bond acceptors (Lipinski definition) is 5. The van der Waals surface area contributed by atoms with E-state index in [1.165, 1.54) is 5.56 Å². The first-order valence-corrected chi connectivity index (χ1v) is 8.79. The highest BCUT2D eigenvalue weighted by molar-refractivity contribution is 5.91. The Balaban J connectivity index is 1.40.